The smallest absolute Gasteiger partial charge is 0.230 e. The molecule has 0 bridgehead atoms. The number of carbonyl (C=O) groups excluding carboxylic acids is 1. The molecule has 0 unspecified atom stereocenters. The number of likely N-dealkylation sites (tertiary alicyclic amines) is 1. The van der Waals surface area contributed by atoms with E-state index in [0.717, 1.165) is 45.0 Å². The Morgan fingerprint density at radius 2 is 2.21 bits per heavy atom. The fraction of sp³-hybridized carbons (Fsp3) is 0.824. The standard InChI is InChI=1S/C17H27N5O2/c1-20-15(18-13-19-20)11-21-10-14-4-2-3-5-17(14,12-21)16(23)22-6-8-24-9-7-22/h13-14H,2-12H2,1H3/t14-,17+/m0/s1. The normalized spacial score (nSPS) is 31.2. The molecule has 1 aliphatic carbocycles. The monoisotopic (exact) mass is 333 g/mol. The van der Waals surface area contributed by atoms with E-state index in [9.17, 15) is 4.79 Å². The summed E-state index contributed by atoms with van der Waals surface area (Å²) in [6, 6.07) is 0. The summed E-state index contributed by atoms with van der Waals surface area (Å²) in [7, 11) is 1.93. The number of hydrogen-bond donors (Lipinski definition) is 0. The first-order chi connectivity index (χ1) is 11.7. The second kappa shape index (κ2) is 6.44. The summed E-state index contributed by atoms with van der Waals surface area (Å²) >= 11 is 0. The van der Waals surface area contributed by atoms with Gasteiger partial charge in [-0.3, -0.25) is 14.4 Å². The van der Waals surface area contributed by atoms with Gasteiger partial charge in [0, 0.05) is 33.2 Å². The zero-order valence-corrected chi connectivity index (χ0v) is 14.5. The molecule has 0 aromatic carbocycles. The second-order valence-electron chi connectivity index (χ2n) is 7.47. The van der Waals surface area contributed by atoms with E-state index in [1.54, 1.807) is 6.33 Å². The van der Waals surface area contributed by atoms with Gasteiger partial charge in [0.2, 0.25) is 5.91 Å². The van der Waals surface area contributed by atoms with Crippen LogP contribution in [0, 0.1) is 11.3 Å². The molecule has 2 saturated heterocycles. The van der Waals surface area contributed by atoms with E-state index in [4.69, 9.17) is 4.74 Å². The molecule has 0 radical (unpaired) electrons. The number of carbonyl (C=O) groups is 1. The fourth-order valence-electron chi connectivity index (χ4n) is 4.78. The molecule has 3 aliphatic rings. The molecular formula is C17H27N5O2. The first-order valence-electron chi connectivity index (χ1n) is 9.11. The van der Waals surface area contributed by atoms with Gasteiger partial charge in [-0.2, -0.15) is 5.10 Å². The van der Waals surface area contributed by atoms with Crippen molar-refractivity contribution in [3.05, 3.63) is 12.2 Å². The topological polar surface area (TPSA) is 63.5 Å². The molecule has 132 valence electrons. The molecule has 0 N–H and O–H groups in total. The summed E-state index contributed by atoms with van der Waals surface area (Å²) in [4.78, 5) is 22.2. The van der Waals surface area contributed by atoms with Crippen LogP contribution in [0.25, 0.3) is 0 Å². The highest BCUT2D eigenvalue weighted by atomic mass is 16.5. The maximum Gasteiger partial charge on any atom is 0.230 e. The average Bonchev–Trinajstić information content (AvgIpc) is 3.19. The van der Waals surface area contributed by atoms with Gasteiger partial charge in [0.25, 0.3) is 0 Å². The molecule has 3 fully saturated rings. The molecule has 4 rings (SSSR count). The van der Waals surface area contributed by atoms with Crippen LogP contribution >= 0.6 is 0 Å². The lowest BCUT2D eigenvalue weighted by molar-refractivity contribution is -0.149. The number of nitrogens with zero attached hydrogens (tertiary/aromatic N) is 5. The van der Waals surface area contributed by atoms with Crippen LogP contribution in [0.3, 0.4) is 0 Å². The van der Waals surface area contributed by atoms with Crippen LogP contribution in [0.15, 0.2) is 6.33 Å². The van der Waals surface area contributed by atoms with Crippen molar-refractivity contribution in [2.45, 2.75) is 32.2 Å². The summed E-state index contributed by atoms with van der Waals surface area (Å²) < 4.78 is 7.26. The third-order valence-corrected chi connectivity index (χ3v) is 6.09. The predicted molar refractivity (Wildman–Crippen MR) is 88.1 cm³/mol. The van der Waals surface area contributed by atoms with Crippen molar-refractivity contribution >= 4 is 5.91 Å². The Morgan fingerprint density at radius 1 is 1.38 bits per heavy atom. The van der Waals surface area contributed by atoms with Crippen molar-refractivity contribution in [3.8, 4) is 0 Å². The Hall–Kier alpha value is -1.47. The van der Waals surface area contributed by atoms with E-state index < -0.39 is 0 Å². The summed E-state index contributed by atoms with van der Waals surface area (Å²) in [5, 5.41) is 4.17. The summed E-state index contributed by atoms with van der Waals surface area (Å²) in [6.07, 6.45) is 6.23. The molecule has 24 heavy (non-hydrogen) atoms. The Balaban J connectivity index is 1.53. The molecule has 2 atom stereocenters. The number of morpholine rings is 1. The Bertz CT molecular complexity index is 598. The minimum Gasteiger partial charge on any atom is -0.378 e. The van der Waals surface area contributed by atoms with Gasteiger partial charge in [0.05, 0.1) is 25.2 Å². The van der Waals surface area contributed by atoms with Gasteiger partial charge in [-0.15, -0.1) is 0 Å². The van der Waals surface area contributed by atoms with Crippen LogP contribution in [-0.4, -0.2) is 69.9 Å². The van der Waals surface area contributed by atoms with Crippen molar-refractivity contribution in [1.29, 1.82) is 0 Å². The first-order valence-corrected chi connectivity index (χ1v) is 9.11. The van der Waals surface area contributed by atoms with Crippen molar-refractivity contribution in [1.82, 2.24) is 24.6 Å². The number of ether oxygens (including phenoxy) is 1. The van der Waals surface area contributed by atoms with Gasteiger partial charge in [-0.25, -0.2) is 4.98 Å². The summed E-state index contributed by atoms with van der Waals surface area (Å²) in [6.45, 7) is 5.49. The van der Waals surface area contributed by atoms with Crippen LogP contribution in [0.1, 0.15) is 31.5 Å². The third-order valence-electron chi connectivity index (χ3n) is 6.09. The Kier molecular flexibility index (Phi) is 4.30. The average molecular weight is 333 g/mol. The highest BCUT2D eigenvalue weighted by Gasteiger charge is 2.54. The van der Waals surface area contributed by atoms with Gasteiger partial charge in [-0.1, -0.05) is 12.8 Å². The summed E-state index contributed by atoms with van der Waals surface area (Å²) in [5.41, 5.74) is -0.186. The van der Waals surface area contributed by atoms with E-state index >= 15 is 0 Å². The molecule has 1 aromatic rings. The molecule has 2 aliphatic heterocycles. The lowest BCUT2D eigenvalue weighted by atomic mass is 9.67. The maximum atomic E-state index is 13.4. The molecule has 1 amide bonds. The van der Waals surface area contributed by atoms with Crippen molar-refractivity contribution < 1.29 is 9.53 Å². The number of aromatic nitrogens is 3. The fourth-order valence-corrected chi connectivity index (χ4v) is 4.78. The number of amides is 1. The van der Waals surface area contributed by atoms with Crippen molar-refractivity contribution in [2.24, 2.45) is 18.4 Å². The molecule has 0 spiro atoms. The van der Waals surface area contributed by atoms with Gasteiger partial charge in [0.1, 0.15) is 12.2 Å². The highest BCUT2D eigenvalue weighted by Crippen LogP contribution is 2.48. The van der Waals surface area contributed by atoms with Gasteiger partial charge < -0.3 is 9.64 Å². The van der Waals surface area contributed by atoms with E-state index in [-0.39, 0.29) is 5.41 Å². The van der Waals surface area contributed by atoms with Gasteiger partial charge in [0.15, 0.2) is 0 Å². The van der Waals surface area contributed by atoms with Gasteiger partial charge >= 0.3 is 0 Å². The predicted octanol–water partition coefficient (Wildman–Crippen LogP) is 0.666. The molecular weight excluding hydrogens is 306 g/mol. The lowest BCUT2D eigenvalue weighted by Crippen LogP contribution is -2.52. The minimum absolute atomic E-state index is 0.186. The van der Waals surface area contributed by atoms with Crippen molar-refractivity contribution in [3.63, 3.8) is 0 Å². The van der Waals surface area contributed by atoms with Crippen molar-refractivity contribution in [2.75, 3.05) is 39.4 Å². The Labute approximate surface area is 143 Å². The zero-order chi connectivity index (χ0) is 16.6. The lowest BCUT2D eigenvalue weighted by Gasteiger charge is -2.42. The minimum atomic E-state index is -0.186. The zero-order valence-electron chi connectivity index (χ0n) is 14.5. The summed E-state index contributed by atoms with van der Waals surface area (Å²) in [5.74, 6) is 1.83. The van der Waals surface area contributed by atoms with E-state index in [0.29, 0.717) is 25.0 Å². The largest absolute Gasteiger partial charge is 0.378 e. The first kappa shape index (κ1) is 16.0. The second-order valence-corrected chi connectivity index (χ2v) is 7.47. The number of rotatable bonds is 3. The van der Waals surface area contributed by atoms with E-state index in [2.05, 4.69) is 15.0 Å². The quantitative estimate of drug-likeness (QED) is 0.813. The van der Waals surface area contributed by atoms with Crippen LogP contribution < -0.4 is 0 Å². The van der Waals surface area contributed by atoms with Crippen LogP contribution in [-0.2, 0) is 23.1 Å². The molecule has 1 saturated carbocycles. The molecule has 7 nitrogen and oxygen atoms in total. The highest BCUT2D eigenvalue weighted by molar-refractivity contribution is 5.84. The van der Waals surface area contributed by atoms with Crippen LogP contribution in [0.4, 0.5) is 0 Å². The molecule has 1 aromatic heterocycles. The maximum absolute atomic E-state index is 13.4. The number of aryl methyl sites for hydroxylation is 1. The SMILES string of the molecule is Cn1ncnc1CN1C[C@@H]2CCCC[C@@]2(C(=O)N2CCOCC2)C1. The van der Waals surface area contributed by atoms with Gasteiger partial charge in [-0.05, 0) is 18.8 Å². The van der Waals surface area contributed by atoms with Crippen LogP contribution in [0.5, 0.6) is 0 Å². The number of fused-ring (bicyclic) bond motifs is 1. The number of hydrogen-bond acceptors (Lipinski definition) is 5. The van der Waals surface area contributed by atoms with E-state index in [1.807, 2.05) is 16.6 Å². The Morgan fingerprint density at radius 3 is 2.96 bits per heavy atom. The third kappa shape index (κ3) is 2.73. The molecule has 3 heterocycles. The van der Waals surface area contributed by atoms with E-state index in [1.165, 1.54) is 19.3 Å². The van der Waals surface area contributed by atoms with Crippen LogP contribution in [0.2, 0.25) is 0 Å². The molecule has 7 heteroatoms.